The first-order valence-electron chi connectivity index (χ1n) is 10.5. The van der Waals surface area contributed by atoms with Gasteiger partial charge in [-0.2, -0.15) is 4.51 Å². The molecule has 5 aromatic rings. The van der Waals surface area contributed by atoms with E-state index in [1.165, 1.54) is 0 Å². The van der Waals surface area contributed by atoms with Crippen molar-refractivity contribution in [1.29, 1.82) is 0 Å². The molecule has 1 amide bonds. The molecule has 3 heterocycles. The second kappa shape index (κ2) is 16.8. The summed E-state index contributed by atoms with van der Waals surface area (Å²) in [5.41, 5.74) is 8.45. The smallest absolute Gasteiger partial charge is 0.870 e. The molecule has 7 N–H and O–H groups in total. The number of hydrogen-bond donors (Lipinski definition) is 4. The van der Waals surface area contributed by atoms with Crippen LogP contribution in [0.25, 0.3) is 34.6 Å². The topological polar surface area (TPSA) is 243 Å². The fourth-order valence-corrected chi connectivity index (χ4v) is 2.52. The van der Waals surface area contributed by atoms with Crippen LogP contribution in [0.3, 0.4) is 0 Å². The zero-order chi connectivity index (χ0) is 26.6. The van der Waals surface area contributed by atoms with Gasteiger partial charge in [-0.1, -0.05) is 36.4 Å². The number of carbonyl (C=O) groups excluding carboxylic acids is 1. The van der Waals surface area contributed by atoms with E-state index in [2.05, 4.69) is 40.1 Å². The first-order valence-corrected chi connectivity index (χ1v) is 10.8. The van der Waals surface area contributed by atoms with Gasteiger partial charge in [-0.05, 0) is 38.1 Å². The van der Waals surface area contributed by atoms with Crippen molar-refractivity contribution in [2.75, 3.05) is 0 Å². The van der Waals surface area contributed by atoms with Gasteiger partial charge in [0, 0.05) is 22.9 Å². The van der Waals surface area contributed by atoms with E-state index in [4.69, 9.17) is 32.2 Å². The number of nitrogens with two attached hydrogens (primary N) is 2. The average molecular weight is 564 g/mol. The van der Waals surface area contributed by atoms with Crippen LogP contribution < -0.4 is 46.6 Å². The summed E-state index contributed by atoms with van der Waals surface area (Å²) in [7, 11) is 0. The first-order chi connectivity index (χ1) is 17.9. The molecular formula is C22H23ClN11NaO4. The molecule has 0 saturated heterocycles. The van der Waals surface area contributed by atoms with Crippen LogP contribution in [-0.2, 0) is 0 Å². The summed E-state index contributed by atoms with van der Waals surface area (Å²) in [5.74, 6) is 6.74. The molecule has 5 rings (SSSR count). The van der Waals surface area contributed by atoms with Crippen LogP contribution in [0.4, 0.5) is 0 Å². The number of benzene rings is 2. The Bertz CT molecular complexity index is 1440. The normalized spacial score (nSPS) is 10.0. The Labute approximate surface area is 249 Å². The molecule has 0 aliphatic carbocycles. The fraction of sp³-hybridized carbons (Fsp3) is 0.0909. The zero-order valence-electron chi connectivity index (χ0n) is 21.1. The minimum Gasteiger partial charge on any atom is -0.870 e. The predicted molar refractivity (Wildman–Crippen MR) is 136 cm³/mol. The Balaban J connectivity index is 0.000000321. The molecule has 15 nitrogen and oxygen atoms in total. The van der Waals surface area contributed by atoms with E-state index in [0.29, 0.717) is 29.3 Å². The van der Waals surface area contributed by atoms with Crippen LogP contribution in [0.15, 0.2) is 74.0 Å². The molecule has 17 heteroatoms. The average Bonchev–Trinajstić information content (AvgIpc) is 3.71. The molecular weight excluding hydrogens is 541 g/mol. The maximum atomic E-state index is 11.0. The summed E-state index contributed by atoms with van der Waals surface area (Å²) in [5, 5.41) is 21.8. The van der Waals surface area contributed by atoms with Crippen LogP contribution in [0.1, 0.15) is 23.4 Å². The third-order valence-corrected chi connectivity index (χ3v) is 4.41. The number of nitrogen functional groups attached to an aromatic ring is 1. The van der Waals surface area contributed by atoms with Gasteiger partial charge in [-0.3, -0.25) is 15.3 Å². The molecule has 3 aromatic heterocycles. The van der Waals surface area contributed by atoms with E-state index in [0.717, 1.165) is 11.1 Å². The number of aromatic amines is 1. The van der Waals surface area contributed by atoms with E-state index >= 15 is 0 Å². The number of rotatable bonds is 4. The second-order valence-electron chi connectivity index (χ2n) is 7.00. The van der Waals surface area contributed by atoms with Crippen LogP contribution in [-0.4, -0.2) is 52.8 Å². The van der Waals surface area contributed by atoms with Crippen molar-refractivity contribution in [2.24, 2.45) is 16.1 Å². The van der Waals surface area contributed by atoms with E-state index in [9.17, 15) is 4.79 Å². The number of H-pyrrole nitrogens is 1. The molecule has 0 aliphatic rings. The van der Waals surface area contributed by atoms with Gasteiger partial charge in [0.05, 0.1) is 0 Å². The Kier molecular flexibility index (Phi) is 14.2. The quantitative estimate of drug-likeness (QED) is 0.0540. The van der Waals surface area contributed by atoms with Gasteiger partial charge in [0.2, 0.25) is 17.6 Å². The summed E-state index contributed by atoms with van der Waals surface area (Å²) in [6, 6.07) is 18.7. The van der Waals surface area contributed by atoms with Crippen LogP contribution >= 0.6 is 11.8 Å². The monoisotopic (exact) mass is 563 g/mol. The van der Waals surface area contributed by atoms with Gasteiger partial charge < -0.3 is 20.0 Å². The zero-order valence-corrected chi connectivity index (χ0v) is 23.9. The third-order valence-electron chi connectivity index (χ3n) is 4.14. The molecule has 0 radical (unpaired) electrons. The van der Waals surface area contributed by atoms with Crippen molar-refractivity contribution >= 4 is 23.5 Å². The Hall–Kier alpha value is -3.99. The number of hydrazine groups is 1. The van der Waals surface area contributed by atoms with Gasteiger partial charge in [0.1, 0.15) is 11.7 Å². The summed E-state index contributed by atoms with van der Waals surface area (Å²) in [6.45, 7) is 3.43. The molecule has 0 bridgehead atoms. The molecule has 0 unspecified atom stereocenters. The molecule has 0 saturated carbocycles. The predicted octanol–water partition coefficient (Wildman–Crippen LogP) is -0.485. The molecule has 0 spiro atoms. The largest absolute Gasteiger partial charge is 1.00 e. The maximum Gasteiger partial charge on any atom is 1.00 e. The van der Waals surface area contributed by atoms with Gasteiger partial charge >= 0.3 is 41.4 Å². The summed E-state index contributed by atoms with van der Waals surface area (Å²) in [6.07, 6.45) is 0. The number of amides is 1. The van der Waals surface area contributed by atoms with Gasteiger partial charge in [0.15, 0.2) is 0 Å². The molecule has 0 fully saturated rings. The maximum absolute atomic E-state index is 11.0. The number of hydrogen-bond acceptors (Lipinski definition) is 12. The fourth-order valence-electron chi connectivity index (χ4n) is 2.52. The second-order valence-corrected chi connectivity index (χ2v) is 7.17. The minimum absolute atomic E-state index is 0. The summed E-state index contributed by atoms with van der Waals surface area (Å²) >= 11 is 4.80. The Morgan fingerprint density at radius 1 is 0.923 bits per heavy atom. The van der Waals surface area contributed by atoms with Crippen LogP contribution in [0.2, 0.25) is 0 Å². The SMILES string of the molecule is CC(N)=NCl.Cc1nc(-c2nnc(-c3ccccc3)o2)n[nH]1.NNC(=O)c1nnc(-c2ccccc2)o1.[Na+].[OH-]. The van der Waals surface area contributed by atoms with E-state index in [-0.39, 0.29) is 46.8 Å². The molecule has 0 aliphatic heterocycles. The van der Waals surface area contributed by atoms with Gasteiger partial charge in [0.25, 0.3) is 5.89 Å². The van der Waals surface area contributed by atoms with Crippen molar-refractivity contribution in [2.45, 2.75) is 13.8 Å². The number of amidine groups is 1. The van der Waals surface area contributed by atoms with Crippen molar-refractivity contribution in [3.05, 3.63) is 72.4 Å². The Morgan fingerprint density at radius 3 is 1.87 bits per heavy atom. The van der Waals surface area contributed by atoms with Gasteiger partial charge in [-0.15, -0.1) is 25.5 Å². The number of nitrogens with one attached hydrogen (secondary N) is 2. The number of carbonyl (C=O) groups is 1. The van der Waals surface area contributed by atoms with Crippen molar-refractivity contribution in [3.8, 4) is 34.6 Å². The molecule has 0 atom stereocenters. The number of nitrogens with zero attached hydrogens (tertiary/aromatic N) is 7. The summed E-state index contributed by atoms with van der Waals surface area (Å²) in [4.78, 5) is 15.2. The van der Waals surface area contributed by atoms with Crippen molar-refractivity contribution in [1.82, 2.24) is 41.0 Å². The van der Waals surface area contributed by atoms with E-state index in [1.54, 1.807) is 19.1 Å². The minimum atomic E-state index is -0.607. The number of aromatic nitrogens is 7. The van der Waals surface area contributed by atoms with Gasteiger partial charge in [-0.25, -0.2) is 10.8 Å². The van der Waals surface area contributed by atoms with Crippen molar-refractivity contribution in [3.63, 3.8) is 0 Å². The Morgan fingerprint density at radius 2 is 1.41 bits per heavy atom. The first kappa shape index (κ1) is 33.0. The number of halogens is 1. The van der Waals surface area contributed by atoms with E-state index < -0.39 is 5.91 Å². The van der Waals surface area contributed by atoms with Crippen molar-refractivity contribution < 1.29 is 48.7 Å². The molecule has 2 aromatic carbocycles. The molecule has 39 heavy (non-hydrogen) atoms. The van der Waals surface area contributed by atoms with Crippen LogP contribution in [0, 0.1) is 6.92 Å². The van der Waals surface area contributed by atoms with Crippen LogP contribution in [0.5, 0.6) is 0 Å². The third kappa shape index (κ3) is 10.0. The van der Waals surface area contributed by atoms with E-state index in [1.807, 2.05) is 60.9 Å². The molecule has 198 valence electrons. The standard InChI is InChI=1S/C11H9N5O.C9H8N4O2.C2H5ClN2.Na.H2O/c1-7-12-9(14-13-7)11-16-15-10(17-11)8-5-3-2-4-6-8;10-11-7(14)9-13-12-8(15-9)6-4-2-1-3-5-6;1-2(4)5-3;;/h2-6H,1H3,(H,12,13,14);1-5H,10H2,(H,11,14);1H3,(H2,4,5);;1H2/q;;;+1;/p-1. The number of aryl methyl sites for hydroxylation is 1. The summed E-state index contributed by atoms with van der Waals surface area (Å²) < 4.78 is 13.7.